The molecule has 3 aliphatic rings. The number of nitrogens with two attached hydrogens (primary N) is 1. The summed E-state index contributed by atoms with van der Waals surface area (Å²) in [7, 11) is 1.86. The highest BCUT2D eigenvalue weighted by molar-refractivity contribution is 5.92. The third-order valence-electron chi connectivity index (χ3n) is 8.60. The van der Waals surface area contributed by atoms with Crippen molar-refractivity contribution in [3.05, 3.63) is 29.3 Å². The molecule has 6 heterocycles. The first-order valence-electron chi connectivity index (χ1n) is 13.6. The van der Waals surface area contributed by atoms with E-state index in [0.717, 1.165) is 64.3 Å². The van der Waals surface area contributed by atoms with Gasteiger partial charge in [0.2, 0.25) is 0 Å². The predicted octanol–water partition coefficient (Wildman–Crippen LogP) is 3.94. The van der Waals surface area contributed by atoms with Crippen molar-refractivity contribution >= 4 is 22.5 Å². The predicted molar refractivity (Wildman–Crippen MR) is 143 cm³/mol. The number of hydrogen-bond donors (Lipinski definition) is 2. The van der Waals surface area contributed by atoms with E-state index in [0.29, 0.717) is 12.4 Å². The molecule has 3 N–H and O–H groups in total. The molecule has 0 radical (unpaired) electrons. The van der Waals surface area contributed by atoms with Gasteiger partial charge in [-0.2, -0.15) is 23.1 Å². The zero-order valence-corrected chi connectivity index (χ0v) is 22.5. The van der Waals surface area contributed by atoms with E-state index in [4.69, 9.17) is 10.5 Å². The minimum absolute atomic E-state index is 0.00838. The first-order chi connectivity index (χ1) is 19.1. The quantitative estimate of drug-likeness (QED) is 0.434. The van der Waals surface area contributed by atoms with E-state index in [2.05, 4.69) is 30.2 Å². The van der Waals surface area contributed by atoms with Crippen molar-refractivity contribution in [1.29, 1.82) is 0 Å². The van der Waals surface area contributed by atoms with Crippen molar-refractivity contribution < 1.29 is 22.3 Å². The zero-order chi connectivity index (χ0) is 28.2. The molecule has 3 aromatic heterocycles. The summed E-state index contributed by atoms with van der Waals surface area (Å²) in [5.41, 5.74) is 3.09. The van der Waals surface area contributed by atoms with Crippen LogP contribution in [0.5, 0.6) is 6.01 Å². The van der Waals surface area contributed by atoms with Crippen LogP contribution < -0.4 is 20.7 Å². The molecule has 214 valence electrons. The van der Waals surface area contributed by atoms with Gasteiger partial charge in [-0.05, 0) is 64.7 Å². The molecule has 0 aromatic carbocycles. The smallest absolute Gasteiger partial charge is 0.418 e. The highest BCUT2D eigenvalue weighted by Crippen LogP contribution is 2.42. The van der Waals surface area contributed by atoms with E-state index in [-0.39, 0.29) is 40.0 Å². The molecule has 0 spiro atoms. The summed E-state index contributed by atoms with van der Waals surface area (Å²) < 4.78 is 64.6. The standard InChI is InChI=1S/C27H32F4N8O/c1-15-20(27(29,30)31)17(11-19(32)35-15)22-21(28)23-18(13-34-22)24(38(2)16-5-8-33-12-16)37-25(36-23)40-14-26-6-3-9-39(26)10-4-7-26/h11,13,16,33H,3-10,12,14H2,1-2H3,(H2,32,35). The van der Waals surface area contributed by atoms with Crippen molar-refractivity contribution in [1.82, 2.24) is 30.2 Å². The van der Waals surface area contributed by atoms with E-state index in [1.807, 2.05) is 11.9 Å². The lowest BCUT2D eigenvalue weighted by Crippen LogP contribution is -2.43. The number of nitrogen functional groups attached to an aromatic ring is 1. The molecular formula is C27H32F4N8O. The maximum Gasteiger partial charge on any atom is 0.418 e. The second-order valence-corrected chi connectivity index (χ2v) is 11.0. The number of rotatable bonds is 6. The molecule has 1 atom stereocenters. The van der Waals surface area contributed by atoms with Crippen LogP contribution in [0, 0.1) is 12.7 Å². The van der Waals surface area contributed by atoms with Crippen LogP contribution in [0.2, 0.25) is 0 Å². The number of aromatic nitrogens is 4. The summed E-state index contributed by atoms with van der Waals surface area (Å²) in [6.07, 6.45) is 1.58. The van der Waals surface area contributed by atoms with Crippen LogP contribution in [0.1, 0.15) is 43.4 Å². The van der Waals surface area contributed by atoms with Crippen LogP contribution in [0.4, 0.5) is 29.2 Å². The Morgan fingerprint density at radius 3 is 2.62 bits per heavy atom. The van der Waals surface area contributed by atoms with Gasteiger partial charge in [-0.1, -0.05) is 0 Å². The fourth-order valence-electron chi connectivity index (χ4n) is 6.59. The number of alkyl halides is 3. The number of ether oxygens (including phenoxy) is 1. The summed E-state index contributed by atoms with van der Waals surface area (Å²) in [6, 6.07) is 1.08. The highest BCUT2D eigenvalue weighted by Gasteiger charge is 2.45. The lowest BCUT2D eigenvalue weighted by molar-refractivity contribution is -0.137. The molecule has 0 bridgehead atoms. The summed E-state index contributed by atoms with van der Waals surface area (Å²) in [4.78, 5) is 21.3. The second kappa shape index (κ2) is 9.95. The fourth-order valence-corrected chi connectivity index (χ4v) is 6.59. The van der Waals surface area contributed by atoms with Gasteiger partial charge in [0, 0.05) is 31.4 Å². The minimum Gasteiger partial charge on any atom is -0.461 e. The second-order valence-electron chi connectivity index (χ2n) is 11.0. The van der Waals surface area contributed by atoms with Crippen molar-refractivity contribution in [3.63, 3.8) is 0 Å². The number of likely N-dealkylation sites (N-methyl/N-ethyl adjacent to an activating group) is 1. The number of hydrogen-bond acceptors (Lipinski definition) is 9. The molecule has 0 aliphatic carbocycles. The van der Waals surface area contributed by atoms with Gasteiger partial charge in [0.1, 0.15) is 29.5 Å². The molecule has 1 unspecified atom stereocenters. The van der Waals surface area contributed by atoms with Crippen LogP contribution >= 0.6 is 0 Å². The average molecular weight is 561 g/mol. The van der Waals surface area contributed by atoms with Crippen molar-refractivity contribution in [3.8, 4) is 17.3 Å². The Balaban J connectivity index is 1.48. The van der Waals surface area contributed by atoms with E-state index >= 15 is 4.39 Å². The molecule has 6 rings (SSSR count). The Morgan fingerprint density at radius 1 is 1.20 bits per heavy atom. The molecule has 0 amide bonds. The summed E-state index contributed by atoms with van der Waals surface area (Å²) in [5, 5.41) is 3.60. The number of nitrogens with one attached hydrogen (secondary N) is 1. The molecule has 3 fully saturated rings. The maximum atomic E-state index is 16.3. The van der Waals surface area contributed by atoms with E-state index < -0.39 is 28.8 Å². The minimum atomic E-state index is -4.79. The van der Waals surface area contributed by atoms with Crippen molar-refractivity contribution in [2.24, 2.45) is 0 Å². The molecule has 3 saturated heterocycles. The van der Waals surface area contributed by atoms with Gasteiger partial charge in [0.25, 0.3) is 0 Å². The Hall–Kier alpha value is -3.32. The van der Waals surface area contributed by atoms with Gasteiger partial charge in [0.05, 0.1) is 22.2 Å². The number of anilines is 2. The molecule has 3 aromatic rings. The lowest BCUT2D eigenvalue weighted by Gasteiger charge is -2.31. The zero-order valence-electron chi connectivity index (χ0n) is 22.5. The van der Waals surface area contributed by atoms with Crippen LogP contribution in [-0.2, 0) is 6.18 Å². The molecule has 13 heteroatoms. The van der Waals surface area contributed by atoms with Gasteiger partial charge in [-0.25, -0.2) is 9.37 Å². The molecular weight excluding hydrogens is 528 g/mol. The van der Waals surface area contributed by atoms with E-state index in [9.17, 15) is 13.2 Å². The van der Waals surface area contributed by atoms with Crippen molar-refractivity contribution in [2.75, 3.05) is 50.5 Å². The molecule has 0 saturated carbocycles. The van der Waals surface area contributed by atoms with Gasteiger partial charge in [-0.3, -0.25) is 9.88 Å². The van der Waals surface area contributed by atoms with Crippen LogP contribution in [-0.4, -0.2) is 76.3 Å². The SMILES string of the molecule is Cc1nc(N)cc(-c2ncc3c(N(C)C4CCNC4)nc(OCC45CCCN4CCC5)nc3c2F)c1C(F)(F)F. The number of nitrogens with zero attached hydrogens (tertiary/aromatic N) is 6. The van der Waals surface area contributed by atoms with Crippen LogP contribution in [0.3, 0.4) is 0 Å². The summed E-state index contributed by atoms with van der Waals surface area (Å²) >= 11 is 0. The molecule has 9 nitrogen and oxygen atoms in total. The number of halogens is 4. The molecule has 3 aliphatic heterocycles. The molecule has 40 heavy (non-hydrogen) atoms. The van der Waals surface area contributed by atoms with E-state index in [1.165, 1.54) is 13.1 Å². The number of fused-ring (bicyclic) bond motifs is 2. The lowest BCUT2D eigenvalue weighted by atomic mass is 9.95. The van der Waals surface area contributed by atoms with Gasteiger partial charge < -0.3 is 20.7 Å². The van der Waals surface area contributed by atoms with Crippen LogP contribution in [0.15, 0.2) is 12.3 Å². The highest BCUT2D eigenvalue weighted by atomic mass is 19.4. The maximum absolute atomic E-state index is 16.3. The topological polar surface area (TPSA) is 105 Å². The van der Waals surface area contributed by atoms with Crippen LogP contribution in [0.25, 0.3) is 22.2 Å². The fraction of sp³-hybridized carbons (Fsp3) is 0.556. The van der Waals surface area contributed by atoms with Crippen molar-refractivity contribution in [2.45, 2.75) is 56.8 Å². The van der Waals surface area contributed by atoms with Gasteiger partial charge >= 0.3 is 12.2 Å². The monoisotopic (exact) mass is 560 g/mol. The van der Waals surface area contributed by atoms with Gasteiger partial charge in [-0.15, -0.1) is 0 Å². The number of aryl methyl sites for hydroxylation is 1. The Morgan fingerprint density at radius 2 is 1.95 bits per heavy atom. The Bertz CT molecular complexity index is 1430. The first kappa shape index (κ1) is 26.9. The summed E-state index contributed by atoms with van der Waals surface area (Å²) in [6.45, 7) is 5.14. The third kappa shape index (κ3) is 4.58. The largest absolute Gasteiger partial charge is 0.461 e. The summed E-state index contributed by atoms with van der Waals surface area (Å²) in [5.74, 6) is -0.749. The third-order valence-corrected chi connectivity index (χ3v) is 8.60. The van der Waals surface area contributed by atoms with E-state index in [1.54, 1.807) is 0 Å². The Labute approximate surface area is 229 Å². The first-order valence-corrected chi connectivity index (χ1v) is 13.6. The van der Waals surface area contributed by atoms with Gasteiger partial charge in [0.15, 0.2) is 5.82 Å². The number of pyridine rings is 2. The average Bonchev–Trinajstić information content (AvgIpc) is 3.64. The Kier molecular flexibility index (Phi) is 6.68. The normalized spacial score (nSPS) is 20.8.